The van der Waals surface area contributed by atoms with Gasteiger partial charge in [0.1, 0.15) is 0 Å². The Morgan fingerprint density at radius 1 is 1.00 bits per heavy atom. The summed E-state index contributed by atoms with van der Waals surface area (Å²) in [6.45, 7) is 4.60. The normalized spacial score (nSPS) is 33.5. The van der Waals surface area contributed by atoms with E-state index < -0.39 is 0 Å². The van der Waals surface area contributed by atoms with E-state index in [9.17, 15) is 0 Å². The van der Waals surface area contributed by atoms with E-state index in [-0.39, 0.29) is 0 Å². The minimum absolute atomic E-state index is 0.749. The average molecular weight is 169 g/mol. The molecule has 2 nitrogen and oxygen atoms in total. The first kappa shape index (κ1) is 8.52. The summed E-state index contributed by atoms with van der Waals surface area (Å²) in [5.74, 6) is 0. The van der Waals surface area contributed by atoms with Crippen molar-refractivity contribution < 1.29 is 4.74 Å². The van der Waals surface area contributed by atoms with Crippen molar-refractivity contribution in [1.29, 1.82) is 0 Å². The van der Waals surface area contributed by atoms with Crippen LogP contribution in [-0.2, 0) is 4.74 Å². The van der Waals surface area contributed by atoms with Gasteiger partial charge in [-0.15, -0.1) is 0 Å². The van der Waals surface area contributed by atoms with E-state index in [2.05, 4.69) is 4.90 Å². The van der Waals surface area contributed by atoms with Crippen molar-refractivity contribution in [3.05, 3.63) is 0 Å². The topological polar surface area (TPSA) is 12.5 Å². The molecule has 0 radical (unpaired) electrons. The Bertz CT molecular complexity index is 110. The SMILES string of the molecule is C1CCN(C2CCCOC2)CC1. The van der Waals surface area contributed by atoms with E-state index >= 15 is 0 Å². The van der Waals surface area contributed by atoms with Crippen molar-refractivity contribution in [1.82, 2.24) is 4.90 Å². The molecule has 0 N–H and O–H groups in total. The fourth-order valence-electron chi connectivity index (χ4n) is 2.30. The molecule has 2 heteroatoms. The molecule has 1 atom stereocenters. The summed E-state index contributed by atoms with van der Waals surface area (Å²) >= 11 is 0. The molecule has 2 aliphatic rings. The van der Waals surface area contributed by atoms with Crippen molar-refractivity contribution >= 4 is 0 Å². The second-order valence-electron chi connectivity index (χ2n) is 3.97. The quantitative estimate of drug-likeness (QED) is 0.592. The first-order valence-corrected chi connectivity index (χ1v) is 5.28. The van der Waals surface area contributed by atoms with E-state index in [1.807, 2.05) is 0 Å². The van der Waals surface area contributed by atoms with Gasteiger partial charge in [-0.25, -0.2) is 0 Å². The van der Waals surface area contributed by atoms with Gasteiger partial charge in [-0.3, -0.25) is 4.90 Å². The zero-order valence-electron chi connectivity index (χ0n) is 7.80. The minimum Gasteiger partial charge on any atom is -0.380 e. The maximum Gasteiger partial charge on any atom is 0.0621 e. The first-order chi connectivity index (χ1) is 5.97. The number of piperidine rings is 1. The largest absolute Gasteiger partial charge is 0.380 e. The maximum absolute atomic E-state index is 5.49. The Morgan fingerprint density at radius 3 is 2.50 bits per heavy atom. The standard InChI is InChI=1S/C10H19NO/c1-2-6-11(7-3-1)10-5-4-8-12-9-10/h10H,1-9H2. The van der Waals surface area contributed by atoms with Gasteiger partial charge in [0, 0.05) is 12.6 Å². The minimum atomic E-state index is 0.749. The Kier molecular flexibility index (Phi) is 3.01. The van der Waals surface area contributed by atoms with E-state index in [0.717, 1.165) is 19.3 Å². The lowest BCUT2D eigenvalue weighted by atomic mass is 10.0. The molecule has 0 aliphatic carbocycles. The van der Waals surface area contributed by atoms with Crippen LogP contribution in [0.3, 0.4) is 0 Å². The molecule has 0 aromatic carbocycles. The summed E-state index contributed by atoms with van der Waals surface area (Å²) in [6.07, 6.45) is 6.86. The molecule has 0 aromatic heterocycles. The van der Waals surface area contributed by atoms with Gasteiger partial charge in [0.2, 0.25) is 0 Å². The molecule has 0 amide bonds. The lowest BCUT2D eigenvalue weighted by Crippen LogP contribution is -2.43. The lowest BCUT2D eigenvalue weighted by molar-refractivity contribution is 0.0110. The first-order valence-electron chi connectivity index (χ1n) is 5.28. The highest BCUT2D eigenvalue weighted by molar-refractivity contribution is 4.76. The Balaban J connectivity index is 1.80. The summed E-state index contributed by atoms with van der Waals surface area (Å²) < 4.78 is 5.49. The van der Waals surface area contributed by atoms with E-state index in [1.54, 1.807) is 0 Å². The second-order valence-corrected chi connectivity index (χ2v) is 3.97. The Labute approximate surface area is 74.9 Å². The molecule has 2 heterocycles. The summed E-state index contributed by atoms with van der Waals surface area (Å²) in [5.41, 5.74) is 0. The van der Waals surface area contributed by atoms with Crippen LogP contribution in [0, 0.1) is 0 Å². The van der Waals surface area contributed by atoms with Gasteiger partial charge < -0.3 is 4.74 Å². The number of hydrogen-bond donors (Lipinski definition) is 0. The fraction of sp³-hybridized carbons (Fsp3) is 1.00. The predicted molar refractivity (Wildman–Crippen MR) is 49.3 cm³/mol. The number of likely N-dealkylation sites (tertiary alicyclic amines) is 1. The van der Waals surface area contributed by atoms with Crippen LogP contribution in [-0.4, -0.2) is 37.2 Å². The molecule has 0 bridgehead atoms. The molecule has 0 aromatic rings. The molecule has 2 saturated heterocycles. The van der Waals surface area contributed by atoms with Crippen LogP contribution in [0.15, 0.2) is 0 Å². The van der Waals surface area contributed by atoms with Gasteiger partial charge >= 0.3 is 0 Å². The molecule has 1 unspecified atom stereocenters. The smallest absolute Gasteiger partial charge is 0.0621 e. The van der Waals surface area contributed by atoms with Gasteiger partial charge in [-0.1, -0.05) is 6.42 Å². The van der Waals surface area contributed by atoms with Gasteiger partial charge in [-0.05, 0) is 38.8 Å². The summed E-state index contributed by atoms with van der Waals surface area (Å²) in [4.78, 5) is 2.63. The summed E-state index contributed by atoms with van der Waals surface area (Å²) in [7, 11) is 0. The van der Waals surface area contributed by atoms with Crippen molar-refractivity contribution in [3.8, 4) is 0 Å². The van der Waals surface area contributed by atoms with E-state index in [1.165, 1.54) is 45.2 Å². The zero-order valence-corrected chi connectivity index (χ0v) is 7.80. The molecule has 12 heavy (non-hydrogen) atoms. The molecule has 0 saturated carbocycles. The molecular weight excluding hydrogens is 150 g/mol. The van der Waals surface area contributed by atoms with Crippen molar-refractivity contribution in [2.75, 3.05) is 26.3 Å². The molecule has 2 fully saturated rings. The fourth-order valence-corrected chi connectivity index (χ4v) is 2.30. The van der Waals surface area contributed by atoms with Crippen LogP contribution in [0.5, 0.6) is 0 Å². The molecule has 2 rings (SSSR count). The molecular formula is C10H19NO. The van der Waals surface area contributed by atoms with Crippen LogP contribution in [0.25, 0.3) is 0 Å². The number of nitrogens with zero attached hydrogens (tertiary/aromatic N) is 1. The van der Waals surface area contributed by atoms with Crippen LogP contribution >= 0.6 is 0 Å². The Hall–Kier alpha value is -0.0800. The van der Waals surface area contributed by atoms with Gasteiger partial charge in [0.25, 0.3) is 0 Å². The number of rotatable bonds is 1. The average Bonchev–Trinajstić information content (AvgIpc) is 2.21. The zero-order chi connectivity index (χ0) is 8.23. The summed E-state index contributed by atoms with van der Waals surface area (Å²) in [6, 6.07) is 0.749. The van der Waals surface area contributed by atoms with Crippen LogP contribution in [0.2, 0.25) is 0 Å². The number of hydrogen-bond acceptors (Lipinski definition) is 2. The monoisotopic (exact) mass is 169 g/mol. The van der Waals surface area contributed by atoms with Gasteiger partial charge in [0.05, 0.1) is 6.61 Å². The lowest BCUT2D eigenvalue weighted by Gasteiger charge is -2.36. The van der Waals surface area contributed by atoms with Crippen molar-refractivity contribution in [3.63, 3.8) is 0 Å². The van der Waals surface area contributed by atoms with Crippen molar-refractivity contribution in [2.24, 2.45) is 0 Å². The van der Waals surface area contributed by atoms with E-state index in [0.29, 0.717) is 0 Å². The van der Waals surface area contributed by atoms with Crippen LogP contribution in [0.4, 0.5) is 0 Å². The van der Waals surface area contributed by atoms with Gasteiger partial charge in [-0.2, -0.15) is 0 Å². The van der Waals surface area contributed by atoms with Crippen LogP contribution < -0.4 is 0 Å². The highest BCUT2D eigenvalue weighted by Crippen LogP contribution is 2.18. The Morgan fingerprint density at radius 2 is 1.83 bits per heavy atom. The third-order valence-electron chi connectivity index (χ3n) is 3.04. The molecule has 2 aliphatic heterocycles. The highest BCUT2D eigenvalue weighted by Gasteiger charge is 2.22. The summed E-state index contributed by atoms with van der Waals surface area (Å²) in [5, 5.41) is 0. The second kappa shape index (κ2) is 4.24. The maximum atomic E-state index is 5.49. The van der Waals surface area contributed by atoms with Crippen molar-refractivity contribution in [2.45, 2.75) is 38.1 Å². The van der Waals surface area contributed by atoms with Gasteiger partial charge in [0.15, 0.2) is 0 Å². The van der Waals surface area contributed by atoms with Crippen LogP contribution in [0.1, 0.15) is 32.1 Å². The van der Waals surface area contributed by atoms with E-state index in [4.69, 9.17) is 4.74 Å². The third kappa shape index (κ3) is 1.99. The number of ether oxygens (including phenoxy) is 1. The highest BCUT2D eigenvalue weighted by atomic mass is 16.5. The predicted octanol–water partition coefficient (Wildman–Crippen LogP) is 1.65. The molecule has 0 spiro atoms. The third-order valence-corrected chi connectivity index (χ3v) is 3.04. The molecule has 70 valence electrons.